The molecule has 1 heterocycles. The van der Waals surface area contributed by atoms with Crippen molar-refractivity contribution < 1.29 is 4.74 Å². The quantitative estimate of drug-likeness (QED) is 0.906. The van der Waals surface area contributed by atoms with Crippen molar-refractivity contribution in [3.05, 3.63) is 65.2 Å². The molecule has 2 heteroatoms. The van der Waals surface area contributed by atoms with Crippen molar-refractivity contribution in [3.63, 3.8) is 0 Å². The molecule has 1 N–H and O–H groups in total. The Bertz CT molecular complexity index is 623. The van der Waals surface area contributed by atoms with Crippen LogP contribution in [0.5, 0.6) is 5.75 Å². The fourth-order valence-corrected chi connectivity index (χ4v) is 3.29. The fraction of sp³-hybridized carbons (Fsp3) is 0.368. The van der Waals surface area contributed by atoms with E-state index in [9.17, 15) is 0 Å². The van der Waals surface area contributed by atoms with Crippen molar-refractivity contribution >= 4 is 0 Å². The first kappa shape index (κ1) is 12.9. The summed E-state index contributed by atoms with van der Waals surface area (Å²) in [6.45, 7) is 1.91. The first-order valence-electron chi connectivity index (χ1n) is 7.93. The number of ether oxygens (including phenoxy) is 1. The van der Waals surface area contributed by atoms with Crippen LogP contribution >= 0.6 is 0 Å². The number of rotatable bonds is 5. The maximum atomic E-state index is 5.55. The first-order chi connectivity index (χ1) is 10.4. The van der Waals surface area contributed by atoms with Gasteiger partial charge in [0.2, 0.25) is 0 Å². The largest absolute Gasteiger partial charge is 0.493 e. The Morgan fingerprint density at radius 1 is 1.10 bits per heavy atom. The lowest BCUT2D eigenvalue weighted by Crippen LogP contribution is -2.20. The Balaban J connectivity index is 1.27. The summed E-state index contributed by atoms with van der Waals surface area (Å²) in [7, 11) is 0. The molecule has 1 fully saturated rings. The van der Waals surface area contributed by atoms with Crippen molar-refractivity contribution in [1.82, 2.24) is 5.32 Å². The van der Waals surface area contributed by atoms with Gasteiger partial charge >= 0.3 is 0 Å². The SMILES string of the molecule is c1ccc(C2CC2NCCc2ccc3c(c2)CCO3)cc1. The number of hydrogen-bond acceptors (Lipinski definition) is 2. The standard InChI is InChI=1S/C19H21NO/c1-2-4-15(5-3-1)17-13-18(17)20-10-8-14-6-7-19-16(12-14)9-11-21-19/h1-7,12,17-18,20H,8-11,13H2. The molecule has 0 aromatic heterocycles. The lowest BCUT2D eigenvalue weighted by molar-refractivity contribution is 0.357. The minimum absolute atomic E-state index is 0.671. The molecule has 2 aromatic carbocycles. The van der Waals surface area contributed by atoms with Crippen LogP contribution in [0.1, 0.15) is 29.0 Å². The third kappa shape index (κ3) is 2.81. The molecule has 108 valence electrons. The van der Waals surface area contributed by atoms with Crippen LogP contribution in [0.25, 0.3) is 0 Å². The molecule has 1 aliphatic carbocycles. The molecule has 1 saturated carbocycles. The fourth-order valence-electron chi connectivity index (χ4n) is 3.29. The average molecular weight is 279 g/mol. The molecular formula is C19H21NO. The zero-order valence-corrected chi connectivity index (χ0v) is 12.2. The van der Waals surface area contributed by atoms with Gasteiger partial charge in [-0.3, -0.25) is 0 Å². The van der Waals surface area contributed by atoms with Crippen LogP contribution in [-0.2, 0) is 12.8 Å². The second-order valence-corrected chi connectivity index (χ2v) is 6.10. The van der Waals surface area contributed by atoms with E-state index in [4.69, 9.17) is 4.74 Å². The Morgan fingerprint density at radius 2 is 2.00 bits per heavy atom. The highest BCUT2D eigenvalue weighted by Crippen LogP contribution is 2.40. The topological polar surface area (TPSA) is 21.3 Å². The lowest BCUT2D eigenvalue weighted by Gasteiger charge is -2.06. The number of fused-ring (bicyclic) bond motifs is 1. The maximum Gasteiger partial charge on any atom is 0.122 e. The Morgan fingerprint density at radius 3 is 2.90 bits per heavy atom. The summed E-state index contributed by atoms with van der Waals surface area (Å²) >= 11 is 0. The minimum atomic E-state index is 0.671. The smallest absolute Gasteiger partial charge is 0.122 e. The molecule has 0 amide bonds. The molecule has 2 atom stereocenters. The Hall–Kier alpha value is -1.80. The van der Waals surface area contributed by atoms with E-state index < -0.39 is 0 Å². The maximum absolute atomic E-state index is 5.55. The first-order valence-corrected chi connectivity index (χ1v) is 7.93. The van der Waals surface area contributed by atoms with Gasteiger partial charge in [-0.25, -0.2) is 0 Å². The summed E-state index contributed by atoms with van der Waals surface area (Å²) in [4.78, 5) is 0. The van der Waals surface area contributed by atoms with Gasteiger partial charge in [0.05, 0.1) is 6.61 Å². The van der Waals surface area contributed by atoms with Gasteiger partial charge in [0.15, 0.2) is 0 Å². The molecule has 2 unspecified atom stereocenters. The second-order valence-electron chi connectivity index (χ2n) is 6.10. The summed E-state index contributed by atoms with van der Waals surface area (Å²) in [6, 6.07) is 18.2. The third-order valence-corrected chi connectivity index (χ3v) is 4.59. The molecule has 2 aromatic rings. The van der Waals surface area contributed by atoms with Gasteiger partial charge in [-0.1, -0.05) is 42.5 Å². The highest BCUT2D eigenvalue weighted by Gasteiger charge is 2.37. The average Bonchev–Trinajstić information content (AvgIpc) is 3.15. The van der Waals surface area contributed by atoms with Crippen molar-refractivity contribution in [3.8, 4) is 5.75 Å². The van der Waals surface area contributed by atoms with Gasteiger partial charge in [0, 0.05) is 18.4 Å². The predicted octanol–water partition coefficient (Wildman–Crippen LogP) is 3.31. The molecule has 21 heavy (non-hydrogen) atoms. The molecular weight excluding hydrogens is 258 g/mol. The van der Waals surface area contributed by atoms with Crippen LogP contribution in [0.3, 0.4) is 0 Å². The number of benzene rings is 2. The summed E-state index contributed by atoms with van der Waals surface area (Å²) < 4.78 is 5.55. The highest BCUT2D eigenvalue weighted by molar-refractivity contribution is 5.40. The van der Waals surface area contributed by atoms with E-state index in [2.05, 4.69) is 53.8 Å². The summed E-state index contributed by atoms with van der Waals surface area (Å²) in [5.41, 5.74) is 4.27. The van der Waals surface area contributed by atoms with E-state index >= 15 is 0 Å². The molecule has 0 saturated heterocycles. The van der Waals surface area contributed by atoms with Crippen molar-refractivity contribution in [2.45, 2.75) is 31.2 Å². The summed E-state index contributed by atoms with van der Waals surface area (Å²) in [5, 5.41) is 3.69. The van der Waals surface area contributed by atoms with Gasteiger partial charge in [0.1, 0.15) is 5.75 Å². The molecule has 2 nitrogen and oxygen atoms in total. The van der Waals surface area contributed by atoms with E-state index in [0.717, 1.165) is 37.7 Å². The van der Waals surface area contributed by atoms with Gasteiger partial charge in [-0.15, -0.1) is 0 Å². The lowest BCUT2D eigenvalue weighted by atomic mass is 10.1. The van der Waals surface area contributed by atoms with E-state index in [1.54, 1.807) is 0 Å². The molecule has 0 spiro atoms. The van der Waals surface area contributed by atoms with E-state index in [1.807, 2.05) is 0 Å². The van der Waals surface area contributed by atoms with Crippen LogP contribution < -0.4 is 10.1 Å². The molecule has 0 radical (unpaired) electrons. The van der Waals surface area contributed by atoms with Crippen LogP contribution in [0.15, 0.2) is 48.5 Å². The Labute approximate surface area is 126 Å². The zero-order valence-electron chi connectivity index (χ0n) is 12.2. The van der Waals surface area contributed by atoms with Crippen LogP contribution in [0.4, 0.5) is 0 Å². The number of nitrogens with one attached hydrogen (secondary N) is 1. The van der Waals surface area contributed by atoms with Crippen LogP contribution in [0, 0.1) is 0 Å². The normalized spacial score (nSPS) is 22.7. The van der Waals surface area contributed by atoms with E-state index in [1.165, 1.54) is 23.1 Å². The van der Waals surface area contributed by atoms with Gasteiger partial charge in [0.25, 0.3) is 0 Å². The monoisotopic (exact) mass is 279 g/mol. The van der Waals surface area contributed by atoms with E-state index in [-0.39, 0.29) is 0 Å². The highest BCUT2D eigenvalue weighted by atomic mass is 16.5. The predicted molar refractivity (Wildman–Crippen MR) is 84.9 cm³/mol. The summed E-state index contributed by atoms with van der Waals surface area (Å²) in [5.74, 6) is 1.80. The van der Waals surface area contributed by atoms with Crippen LogP contribution in [0.2, 0.25) is 0 Å². The van der Waals surface area contributed by atoms with Gasteiger partial charge < -0.3 is 10.1 Å². The second kappa shape index (κ2) is 5.53. The van der Waals surface area contributed by atoms with Gasteiger partial charge in [-0.05, 0) is 42.1 Å². The van der Waals surface area contributed by atoms with Crippen molar-refractivity contribution in [1.29, 1.82) is 0 Å². The zero-order chi connectivity index (χ0) is 14.1. The molecule has 0 bridgehead atoms. The molecule has 1 aliphatic heterocycles. The van der Waals surface area contributed by atoms with Crippen molar-refractivity contribution in [2.75, 3.05) is 13.2 Å². The third-order valence-electron chi connectivity index (χ3n) is 4.59. The summed E-state index contributed by atoms with van der Waals surface area (Å²) in [6.07, 6.45) is 3.45. The Kier molecular flexibility index (Phi) is 3.40. The van der Waals surface area contributed by atoms with Crippen molar-refractivity contribution in [2.24, 2.45) is 0 Å². The van der Waals surface area contributed by atoms with Crippen LogP contribution in [-0.4, -0.2) is 19.2 Å². The van der Waals surface area contributed by atoms with Gasteiger partial charge in [-0.2, -0.15) is 0 Å². The molecule has 2 aliphatic rings. The van der Waals surface area contributed by atoms with E-state index in [0.29, 0.717) is 6.04 Å². The molecule has 4 rings (SSSR count). The number of hydrogen-bond donors (Lipinski definition) is 1. The minimum Gasteiger partial charge on any atom is -0.493 e.